The van der Waals surface area contributed by atoms with Gasteiger partial charge < -0.3 is 0 Å². The number of ketones is 1. The normalized spacial score (nSPS) is 22.8. The molecule has 114 valence electrons. The minimum atomic E-state index is 0.310. The van der Waals surface area contributed by atoms with Crippen molar-refractivity contribution in [2.45, 2.75) is 64.3 Å². The number of nitrogens with zero attached hydrogens (tertiary/aromatic N) is 1. The molecule has 0 amide bonds. The molecule has 2 heteroatoms. The van der Waals surface area contributed by atoms with Crippen LogP contribution in [0.4, 0.5) is 0 Å². The molecular weight excluding hydrogens is 258 g/mol. The molecule has 1 heterocycles. The molecule has 1 saturated heterocycles. The largest absolute Gasteiger partial charge is 0.293 e. The number of carbonyl (C=O) groups excluding carboxylic acids is 1. The van der Waals surface area contributed by atoms with Crippen molar-refractivity contribution in [1.82, 2.24) is 4.90 Å². The van der Waals surface area contributed by atoms with Gasteiger partial charge in [0.2, 0.25) is 0 Å². The number of fused-ring (bicyclic) bond motifs is 1. The highest BCUT2D eigenvalue weighted by Crippen LogP contribution is 2.24. The smallest absolute Gasteiger partial charge is 0.176 e. The molecule has 1 aromatic carbocycles. The summed E-state index contributed by atoms with van der Waals surface area (Å²) in [5.41, 5.74) is 3.78. The van der Waals surface area contributed by atoms with Crippen molar-refractivity contribution in [2.75, 3.05) is 13.1 Å². The number of carbonyl (C=O) groups is 1. The van der Waals surface area contributed by atoms with E-state index in [1.807, 2.05) is 6.07 Å². The van der Waals surface area contributed by atoms with Gasteiger partial charge in [0.15, 0.2) is 5.78 Å². The maximum atomic E-state index is 12.6. The number of Topliss-reactive ketones (excluding diaryl/α,β-unsaturated/α-hetero) is 1. The number of rotatable bonds is 4. The van der Waals surface area contributed by atoms with Gasteiger partial charge in [0.05, 0.1) is 6.54 Å². The average Bonchev–Trinajstić information content (AvgIpc) is 2.86. The first kappa shape index (κ1) is 14.8. The van der Waals surface area contributed by atoms with Gasteiger partial charge in [0.1, 0.15) is 0 Å². The third-order valence-corrected chi connectivity index (χ3v) is 5.24. The Morgan fingerprint density at radius 3 is 2.86 bits per heavy atom. The first-order chi connectivity index (χ1) is 10.3. The third kappa shape index (κ3) is 3.37. The van der Waals surface area contributed by atoms with E-state index >= 15 is 0 Å². The lowest BCUT2D eigenvalue weighted by atomic mass is 10.0. The Bertz CT molecular complexity index is 508. The predicted octanol–water partition coefficient (Wildman–Crippen LogP) is 4.01. The van der Waals surface area contributed by atoms with E-state index < -0.39 is 0 Å². The van der Waals surface area contributed by atoms with Crippen molar-refractivity contribution in [3.05, 3.63) is 34.9 Å². The summed E-state index contributed by atoms with van der Waals surface area (Å²) < 4.78 is 0. The van der Waals surface area contributed by atoms with Crippen molar-refractivity contribution in [3.63, 3.8) is 0 Å². The van der Waals surface area contributed by atoms with Crippen LogP contribution in [0.25, 0.3) is 0 Å². The molecule has 0 aromatic heterocycles. The third-order valence-electron chi connectivity index (χ3n) is 5.24. The molecule has 0 bridgehead atoms. The highest BCUT2D eigenvalue weighted by atomic mass is 16.1. The Kier molecular flexibility index (Phi) is 4.74. The van der Waals surface area contributed by atoms with Gasteiger partial charge in [0.25, 0.3) is 0 Å². The molecule has 1 aromatic rings. The summed E-state index contributed by atoms with van der Waals surface area (Å²) in [7, 11) is 0. The molecule has 0 radical (unpaired) electrons. The first-order valence-corrected chi connectivity index (χ1v) is 8.67. The van der Waals surface area contributed by atoms with Gasteiger partial charge in [-0.25, -0.2) is 0 Å². The minimum absolute atomic E-state index is 0.310. The highest BCUT2D eigenvalue weighted by Gasteiger charge is 2.22. The predicted molar refractivity (Wildman–Crippen MR) is 86.9 cm³/mol. The fourth-order valence-corrected chi connectivity index (χ4v) is 3.93. The monoisotopic (exact) mass is 285 g/mol. The molecule has 1 unspecified atom stereocenters. The molecule has 2 aliphatic rings. The van der Waals surface area contributed by atoms with Crippen molar-refractivity contribution in [2.24, 2.45) is 0 Å². The molecular formula is C19H27NO. The van der Waals surface area contributed by atoms with Gasteiger partial charge in [-0.2, -0.15) is 0 Å². The molecule has 0 N–H and O–H groups in total. The van der Waals surface area contributed by atoms with E-state index in [9.17, 15) is 4.79 Å². The van der Waals surface area contributed by atoms with E-state index in [1.54, 1.807) is 0 Å². The van der Waals surface area contributed by atoms with Crippen LogP contribution in [0.3, 0.4) is 0 Å². The number of hydrogen-bond acceptors (Lipinski definition) is 2. The summed E-state index contributed by atoms with van der Waals surface area (Å²) in [5.74, 6) is 0.310. The van der Waals surface area contributed by atoms with Crippen LogP contribution in [-0.4, -0.2) is 29.8 Å². The molecule has 2 nitrogen and oxygen atoms in total. The lowest BCUT2D eigenvalue weighted by molar-refractivity contribution is 0.0890. The summed E-state index contributed by atoms with van der Waals surface area (Å²) in [6.45, 7) is 3.95. The van der Waals surface area contributed by atoms with E-state index in [0.717, 1.165) is 24.9 Å². The van der Waals surface area contributed by atoms with Crippen LogP contribution >= 0.6 is 0 Å². The molecule has 1 aliphatic heterocycles. The number of hydrogen-bond donors (Lipinski definition) is 0. The average molecular weight is 285 g/mol. The number of benzene rings is 1. The molecule has 3 rings (SSSR count). The summed E-state index contributed by atoms with van der Waals surface area (Å²) in [6, 6.07) is 6.98. The van der Waals surface area contributed by atoms with Crippen LogP contribution in [-0.2, 0) is 12.8 Å². The lowest BCUT2D eigenvalue weighted by Crippen LogP contribution is -2.38. The van der Waals surface area contributed by atoms with Crippen molar-refractivity contribution >= 4 is 5.78 Å². The Morgan fingerprint density at radius 2 is 2.00 bits per heavy atom. The molecule has 1 aliphatic carbocycles. The van der Waals surface area contributed by atoms with Crippen molar-refractivity contribution < 1.29 is 4.79 Å². The van der Waals surface area contributed by atoms with Gasteiger partial charge in [-0.15, -0.1) is 0 Å². The van der Waals surface area contributed by atoms with Crippen LogP contribution in [0.2, 0.25) is 0 Å². The zero-order valence-electron chi connectivity index (χ0n) is 13.2. The van der Waals surface area contributed by atoms with E-state index in [1.165, 1.54) is 49.7 Å². The van der Waals surface area contributed by atoms with Gasteiger partial charge in [-0.05, 0) is 62.3 Å². The van der Waals surface area contributed by atoms with Crippen molar-refractivity contribution in [1.29, 1.82) is 0 Å². The van der Waals surface area contributed by atoms with E-state index in [-0.39, 0.29) is 0 Å². The van der Waals surface area contributed by atoms with Crippen LogP contribution in [0.1, 0.15) is 66.9 Å². The Morgan fingerprint density at radius 1 is 1.14 bits per heavy atom. The number of likely N-dealkylation sites (tertiary alicyclic amines) is 1. The van der Waals surface area contributed by atoms with Crippen LogP contribution in [0.5, 0.6) is 0 Å². The zero-order valence-corrected chi connectivity index (χ0v) is 13.2. The fourth-order valence-electron chi connectivity index (χ4n) is 3.93. The summed E-state index contributed by atoms with van der Waals surface area (Å²) in [5, 5.41) is 0. The second kappa shape index (κ2) is 6.74. The standard InChI is InChI=1S/C19H27NO/c1-2-18-9-4-3-5-12-20(18)14-19(21)17-11-10-15-7-6-8-16(15)13-17/h10-11,13,18H,2-9,12,14H2,1H3. The highest BCUT2D eigenvalue weighted by molar-refractivity contribution is 5.97. The molecule has 0 saturated carbocycles. The second-order valence-corrected chi connectivity index (χ2v) is 6.64. The zero-order chi connectivity index (χ0) is 14.7. The first-order valence-electron chi connectivity index (χ1n) is 8.67. The van der Waals surface area contributed by atoms with Gasteiger partial charge in [0, 0.05) is 11.6 Å². The second-order valence-electron chi connectivity index (χ2n) is 6.64. The molecule has 21 heavy (non-hydrogen) atoms. The Balaban J connectivity index is 1.70. The van der Waals surface area contributed by atoms with Crippen molar-refractivity contribution in [3.8, 4) is 0 Å². The lowest BCUT2D eigenvalue weighted by Gasteiger charge is -2.28. The van der Waals surface area contributed by atoms with Gasteiger partial charge in [-0.3, -0.25) is 9.69 Å². The molecule has 1 fully saturated rings. The van der Waals surface area contributed by atoms with Gasteiger partial charge >= 0.3 is 0 Å². The molecule has 0 spiro atoms. The summed E-state index contributed by atoms with van der Waals surface area (Å²) in [6.07, 6.45) is 9.89. The van der Waals surface area contributed by atoms with E-state index in [4.69, 9.17) is 0 Å². The van der Waals surface area contributed by atoms with Gasteiger partial charge in [-0.1, -0.05) is 31.9 Å². The van der Waals surface area contributed by atoms with Crippen LogP contribution in [0, 0.1) is 0 Å². The van der Waals surface area contributed by atoms with Crippen LogP contribution in [0.15, 0.2) is 18.2 Å². The molecule has 1 atom stereocenters. The number of aryl methyl sites for hydroxylation is 2. The minimum Gasteiger partial charge on any atom is -0.293 e. The van der Waals surface area contributed by atoms with E-state index in [0.29, 0.717) is 18.4 Å². The van der Waals surface area contributed by atoms with E-state index in [2.05, 4.69) is 24.0 Å². The SMILES string of the molecule is CCC1CCCCCN1CC(=O)c1ccc2c(c1)CCC2. The fraction of sp³-hybridized carbons (Fsp3) is 0.632. The summed E-state index contributed by atoms with van der Waals surface area (Å²) >= 11 is 0. The quantitative estimate of drug-likeness (QED) is 0.779. The summed E-state index contributed by atoms with van der Waals surface area (Å²) in [4.78, 5) is 15.1. The Labute approximate surface area is 128 Å². The Hall–Kier alpha value is -1.15. The maximum absolute atomic E-state index is 12.6. The van der Waals surface area contributed by atoms with Crippen LogP contribution < -0.4 is 0 Å². The topological polar surface area (TPSA) is 20.3 Å². The maximum Gasteiger partial charge on any atom is 0.176 e.